The number of hydrogen-bond donors (Lipinski definition) is 1. The molecule has 106 valence electrons. The molecule has 0 atom stereocenters. The second kappa shape index (κ2) is 8.39. The second-order valence-corrected chi connectivity index (χ2v) is 4.27. The third-order valence-corrected chi connectivity index (χ3v) is 2.65. The van der Waals surface area contributed by atoms with Gasteiger partial charge in [0.05, 0.1) is 19.2 Å². The van der Waals surface area contributed by atoms with Crippen LogP contribution in [-0.4, -0.2) is 24.0 Å². The van der Waals surface area contributed by atoms with Gasteiger partial charge in [-0.2, -0.15) is 0 Å². The molecule has 0 saturated carbocycles. The number of pyridine rings is 1. The maximum Gasteiger partial charge on any atom is 0.225 e. The molecule has 0 fully saturated rings. The van der Waals surface area contributed by atoms with Gasteiger partial charge in [-0.15, -0.1) is 0 Å². The van der Waals surface area contributed by atoms with Gasteiger partial charge in [-0.1, -0.05) is 42.2 Å². The fourth-order valence-corrected chi connectivity index (χ4v) is 1.65. The first kappa shape index (κ1) is 14.6. The minimum Gasteiger partial charge on any atom is -0.479 e. The molecule has 1 aromatic carbocycles. The minimum atomic E-state index is -0.0383. The molecule has 0 saturated heterocycles. The van der Waals surface area contributed by atoms with Gasteiger partial charge in [0.25, 0.3) is 0 Å². The summed E-state index contributed by atoms with van der Waals surface area (Å²) in [5, 5.41) is 2.75. The molecule has 0 aliphatic rings. The van der Waals surface area contributed by atoms with Gasteiger partial charge in [0.1, 0.15) is 12.4 Å². The van der Waals surface area contributed by atoms with Crippen LogP contribution in [0.15, 0.2) is 54.9 Å². The summed E-state index contributed by atoms with van der Waals surface area (Å²) >= 11 is 0. The summed E-state index contributed by atoms with van der Waals surface area (Å²) in [6.45, 7) is 0.600. The summed E-state index contributed by atoms with van der Waals surface area (Å²) in [5.74, 6) is 6.33. The summed E-state index contributed by atoms with van der Waals surface area (Å²) in [6.07, 6.45) is 3.68. The van der Waals surface area contributed by atoms with Crippen LogP contribution >= 0.6 is 0 Å². The van der Waals surface area contributed by atoms with Crippen molar-refractivity contribution in [3.63, 3.8) is 0 Å². The van der Waals surface area contributed by atoms with Crippen molar-refractivity contribution >= 4 is 5.91 Å². The van der Waals surface area contributed by atoms with Crippen LogP contribution in [-0.2, 0) is 11.2 Å². The van der Waals surface area contributed by atoms with Gasteiger partial charge in [0, 0.05) is 6.20 Å². The molecule has 0 bridgehead atoms. The SMILES string of the molecule is O=C(Cc1ccccc1)NCC#CCOc1cccnc1. The predicted molar refractivity (Wildman–Crippen MR) is 80.7 cm³/mol. The summed E-state index contributed by atoms with van der Waals surface area (Å²) in [5.41, 5.74) is 0.989. The quantitative estimate of drug-likeness (QED) is 0.850. The number of amides is 1. The van der Waals surface area contributed by atoms with Crippen molar-refractivity contribution in [1.82, 2.24) is 10.3 Å². The lowest BCUT2D eigenvalue weighted by molar-refractivity contribution is -0.120. The van der Waals surface area contributed by atoms with E-state index in [1.165, 1.54) is 0 Å². The molecule has 0 radical (unpaired) electrons. The summed E-state index contributed by atoms with van der Waals surface area (Å²) in [6, 6.07) is 13.2. The maximum absolute atomic E-state index is 11.6. The number of benzene rings is 1. The zero-order valence-corrected chi connectivity index (χ0v) is 11.6. The van der Waals surface area contributed by atoms with Crippen molar-refractivity contribution in [2.75, 3.05) is 13.2 Å². The Hall–Kier alpha value is -2.80. The molecule has 1 N–H and O–H groups in total. The topological polar surface area (TPSA) is 51.2 Å². The zero-order chi connectivity index (χ0) is 14.8. The van der Waals surface area contributed by atoms with Crippen LogP contribution in [0.3, 0.4) is 0 Å². The lowest BCUT2D eigenvalue weighted by atomic mass is 10.1. The largest absolute Gasteiger partial charge is 0.479 e. The number of carbonyl (C=O) groups is 1. The Morgan fingerprint density at radius 2 is 2.00 bits per heavy atom. The van der Waals surface area contributed by atoms with E-state index in [-0.39, 0.29) is 12.5 Å². The van der Waals surface area contributed by atoms with Gasteiger partial charge in [-0.25, -0.2) is 0 Å². The average Bonchev–Trinajstić information content (AvgIpc) is 2.53. The van der Waals surface area contributed by atoms with Crippen LogP contribution in [0.25, 0.3) is 0 Å². The molecule has 0 unspecified atom stereocenters. The third-order valence-electron chi connectivity index (χ3n) is 2.65. The molecule has 4 heteroatoms. The van der Waals surface area contributed by atoms with Crippen molar-refractivity contribution in [3.8, 4) is 17.6 Å². The van der Waals surface area contributed by atoms with Gasteiger partial charge < -0.3 is 10.1 Å². The Balaban J connectivity index is 1.63. The van der Waals surface area contributed by atoms with Crippen molar-refractivity contribution in [2.45, 2.75) is 6.42 Å². The molecule has 1 aromatic heterocycles. The molecule has 1 heterocycles. The van der Waals surface area contributed by atoms with Crippen molar-refractivity contribution in [2.24, 2.45) is 0 Å². The van der Waals surface area contributed by atoms with E-state index in [0.717, 1.165) is 5.56 Å². The van der Waals surface area contributed by atoms with E-state index in [0.29, 0.717) is 18.7 Å². The van der Waals surface area contributed by atoms with E-state index in [9.17, 15) is 4.79 Å². The highest BCUT2D eigenvalue weighted by atomic mass is 16.5. The summed E-state index contributed by atoms with van der Waals surface area (Å²) in [4.78, 5) is 15.6. The Bertz CT molecular complexity index is 615. The highest BCUT2D eigenvalue weighted by Crippen LogP contribution is 2.04. The molecule has 0 spiro atoms. The standard InChI is InChI=1S/C17H16N2O2/c20-17(13-15-7-2-1-3-8-15)19-11-4-5-12-21-16-9-6-10-18-14-16/h1-3,6-10,14H,11-13H2,(H,19,20). The fraction of sp³-hybridized carbons (Fsp3) is 0.176. The van der Waals surface area contributed by atoms with Gasteiger partial charge in [-0.05, 0) is 17.7 Å². The first-order valence-corrected chi connectivity index (χ1v) is 6.64. The molecule has 2 rings (SSSR count). The molecular weight excluding hydrogens is 264 g/mol. The number of nitrogens with zero attached hydrogens (tertiary/aromatic N) is 1. The highest BCUT2D eigenvalue weighted by Gasteiger charge is 2.00. The Kier molecular flexibility index (Phi) is 5.83. The van der Waals surface area contributed by atoms with Crippen LogP contribution in [0.4, 0.5) is 0 Å². The smallest absolute Gasteiger partial charge is 0.225 e. The highest BCUT2D eigenvalue weighted by molar-refractivity contribution is 5.78. The summed E-state index contributed by atoms with van der Waals surface area (Å²) < 4.78 is 5.36. The summed E-state index contributed by atoms with van der Waals surface area (Å²) in [7, 11) is 0. The van der Waals surface area contributed by atoms with Crippen LogP contribution in [0.5, 0.6) is 5.75 Å². The van der Waals surface area contributed by atoms with E-state index in [1.54, 1.807) is 18.5 Å². The number of rotatable bonds is 5. The average molecular weight is 280 g/mol. The van der Waals surface area contributed by atoms with Crippen LogP contribution in [0, 0.1) is 11.8 Å². The van der Waals surface area contributed by atoms with Gasteiger partial charge in [0.2, 0.25) is 5.91 Å². The molecule has 4 nitrogen and oxygen atoms in total. The molecule has 0 aliphatic carbocycles. The number of carbonyl (C=O) groups excluding carboxylic acids is 1. The van der Waals surface area contributed by atoms with Crippen molar-refractivity contribution in [3.05, 3.63) is 60.4 Å². The molecule has 2 aromatic rings. The lowest BCUT2D eigenvalue weighted by Gasteiger charge is -2.01. The molecule has 1 amide bonds. The number of nitrogens with one attached hydrogen (secondary N) is 1. The monoisotopic (exact) mass is 280 g/mol. The lowest BCUT2D eigenvalue weighted by Crippen LogP contribution is -2.25. The number of hydrogen-bond acceptors (Lipinski definition) is 3. The van der Waals surface area contributed by atoms with Crippen LogP contribution in [0.1, 0.15) is 5.56 Å². The zero-order valence-electron chi connectivity index (χ0n) is 11.6. The molecule has 0 aliphatic heterocycles. The first-order valence-electron chi connectivity index (χ1n) is 6.64. The molecular formula is C17H16N2O2. The molecule has 21 heavy (non-hydrogen) atoms. The van der Waals surface area contributed by atoms with E-state index < -0.39 is 0 Å². The van der Waals surface area contributed by atoms with E-state index in [2.05, 4.69) is 22.1 Å². The van der Waals surface area contributed by atoms with Crippen molar-refractivity contribution < 1.29 is 9.53 Å². The number of aromatic nitrogens is 1. The van der Waals surface area contributed by atoms with Gasteiger partial charge in [-0.3, -0.25) is 9.78 Å². The predicted octanol–water partition coefficient (Wildman–Crippen LogP) is 1.82. The van der Waals surface area contributed by atoms with Crippen molar-refractivity contribution in [1.29, 1.82) is 0 Å². The Morgan fingerprint density at radius 1 is 1.14 bits per heavy atom. The maximum atomic E-state index is 11.6. The van der Waals surface area contributed by atoms with Crippen LogP contribution in [0.2, 0.25) is 0 Å². The second-order valence-electron chi connectivity index (χ2n) is 4.27. The van der Waals surface area contributed by atoms with Crippen LogP contribution < -0.4 is 10.1 Å². The minimum absolute atomic E-state index is 0.0383. The first-order chi connectivity index (χ1) is 10.3. The Morgan fingerprint density at radius 3 is 2.76 bits per heavy atom. The number of ether oxygens (including phenoxy) is 1. The fourth-order valence-electron chi connectivity index (χ4n) is 1.65. The normalized spacial score (nSPS) is 9.33. The Labute approximate surface area is 124 Å². The third kappa shape index (κ3) is 5.79. The van der Waals surface area contributed by atoms with Gasteiger partial charge in [0.15, 0.2) is 0 Å². The van der Waals surface area contributed by atoms with E-state index in [4.69, 9.17) is 4.74 Å². The van der Waals surface area contributed by atoms with E-state index in [1.807, 2.05) is 36.4 Å². The van der Waals surface area contributed by atoms with Gasteiger partial charge >= 0.3 is 0 Å². The van der Waals surface area contributed by atoms with E-state index >= 15 is 0 Å².